The highest BCUT2D eigenvalue weighted by molar-refractivity contribution is 6.30. The smallest absolute Gasteiger partial charge is 0.153 e. The van der Waals surface area contributed by atoms with E-state index in [0.29, 0.717) is 16.3 Å². The van der Waals surface area contributed by atoms with E-state index >= 15 is 0 Å². The van der Waals surface area contributed by atoms with Gasteiger partial charge in [0.05, 0.1) is 5.52 Å². The molecule has 2 aromatic carbocycles. The van der Waals surface area contributed by atoms with Crippen molar-refractivity contribution in [3.8, 4) is 11.3 Å². The van der Waals surface area contributed by atoms with Crippen LogP contribution in [-0.4, -0.2) is 4.98 Å². The molecule has 3 rings (SSSR count). The highest BCUT2D eigenvalue weighted by Gasteiger charge is 2.13. The van der Waals surface area contributed by atoms with Crippen molar-refractivity contribution in [3.63, 3.8) is 0 Å². The third kappa shape index (κ3) is 2.08. The molecule has 94 valence electrons. The summed E-state index contributed by atoms with van der Waals surface area (Å²) in [7, 11) is 0. The van der Waals surface area contributed by atoms with Crippen LogP contribution >= 0.6 is 11.6 Å². The van der Waals surface area contributed by atoms with Crippen LogP contribution in [0.1, 0.15) is 5.56 Å². The van der Waals surface area contributed by atoms with Crippen LogP contribution in [0.2, 0.25) is 5.02 Å². The summed E-state index contributed by atoms with van der Waals surface area (Å²) in [6.07, 6.45) is 0. The lowest BCUT2D eigenvalue weighted by molar-refractivity contribution is 0.619. The molecule has 0 unspecified atom stereocenters. The fraction of sp³-hybridized carbons (Fsp3) is 0.0625. The molecule has 3 heteroatoms. The summed E-state index contributed by atoms with van der Waals surface area (Å²) < 4.78 is 14.4. The Hall–Kier alpha value is -1.93. The SMILES string of the molecule is Cc1c(F)c(-c2ccc(Cl)cc2)nc2ccccc12. The molecule has 0 fully saturated rings. The van der Waals surface area contributed by atoms with Gasteiger partial charge in [-0.3, -0.25) is 0 Å². The van der Waals surface area contributed by atoms with E-state index in [-0.39, 0.29) is 5.82 Å². The summed E-state index contributed by atoms with van der Waals surface area (Å²) in [5, 5.41) is 1.47. The van der Waals surface area contributed by atoms with Crippen LogP contribution in [0.4, 0.5) is 4.39 Å². The highest BCUT2D eigenvalue weighted by atomic mass is 35.5. The molecule has 1 heterocycles. The average Bonchev–Trinajstić information content (AvgIpc) is 2.44. The number of nitrogens with zero attached hydrogens (tertiary/aromatic N) is 1. The third-order valence-electron chi connectivity index (χ3n) is 3.20. The van der Waals surface area contributed by atoms with Gasteiger partial charge in [0.1, 0.15) is 5.69 Å². The second kappa shape index (κ2) is 4.63. The zero-order valence-electron chi connectivity index (χ0n) is 10.3. The molecule has 1 aromatic heterocycles. The summed E-state index contributed by atoms with van der Waals surface area (Å²) in [5.74, 6) is -0.277. The molecule has 0 saturated carbocycles. The molecule has 0 atom stereocenters. The molecule has 0 aliphatic rings. The zero-order chi connectivity index (χ0) is 13.4. The monoisotopic (exact) mass is 271 g/mol. The summed E-state index contributed by atoms with van der Waals surface area (Å²) in [6, 6.07) is 14.6. The Labute approximate surface area is 115 Å². The van der Waals surface area contributed by atoms with Crippen molar-refractivity contribution in [3.05, 3.63) is 64.9 Å². The highest BCUT2D eigenvalue weighted by Crippen LogP contribution is 2.28. The van der Waals surface area contributed by atoms with Crippen molar-refractivity contribution >= 4 is 22.5 Å². The van der Waals surface area contributed by atoms with E-state index in [4.69, 9.17) is 11.6 Å². The summed E-state index contributed by atoms with van der Waals surface area (Å²) in [4.78, 5) is 4.42. The van der Waals surface area contributed by atoms with Crippen LogP contribution in [0.15, 0.2) is 48.5 Å². The van der Waals surface area contributed by atoms with Gasteiger partial charge in [0.25, 0.3) is 0 Å². The van der Waals surface area contributed by atoms with Crippen molar-refractivity contribution in [2.75, 3.05) is 0 Å². The number of aryl methyl sites for hydroxylation is 1. The zero-order valence-corrected chi connectivity index (χ0v) is 11.1. The predicted molar refractivity (Wildman–Crippen MR) is 76.9 cm³/mol. The first-order valence-corrected chi connectivity index (χ1v) is 6.35. The number of hydrogen-bond acceptors (Lipinski definition) is 1. The van der Waals surface area contributed by atoms with Crippen molar-refractivity contribution in [1.29, 1.82) is 0 Å². The summed E-state index contributed by atoms with van der Waals surface area (Å²) >= 11 is 5.85. The van der Waals surface area contributed by atoms with Gasteiger partial charge in [-0.15, -0.1) is 0 Å². The standard InChI is InChI=1S/C16H11ClFN/c1-10-13-4-2-3-5-14(13)19-16(15(10)18)11-6-8-12(17)9-7-11/h2-9H,1H3. The molecule has 19 heavy (non-hydrogen) atoms. The number of fused-ring (bicyclic) bond motifs is 1. The Morgan fingerprint density at radius 1 is 1.00 bits per heavy atom. The van der Waals surface area contributed by atoms with E-state index < -0.39 is 0 Å². The van der Waals surface area contributed by atoms with E-state index in [1.807, 2.05) is 24.3 Å². The Bertz CT molecular complexity index is 751. The lowest BCUT2D eigenvalue weighted by atomic mass is 10.0. The molecule has 0 aliphatic carbocycles. The molecule has 0 spiro atoms. The van der Waals surface area contributed by atoms with Crippen LogP contribution in [0, 0.1) is 12.7 Å². The Morgan fingerprint density at radius 3 is 2.42 bits per heavy atom. The lowest BCUT2D eigenvalue weighted by Crippen LogP contribution is -1.95. The second-order valence-corrected chi connectivity index (χ2v) is 4.86. The molecule has 3 aromatic rings. The number of aromatic nitrogens is 1. The van der Waals surface area contributed by atoms with Crippen LogP contribution in [-0.2, 0) is 0 Å². The molecular formula is C16H11ClFN. The van der Waals surface area contributed by atoms with Gasteiger partial charge in [0.15, 0.2) is 5.82 Å². The van der Waals surface area contributed by atoms with E-state index in [1.165, 1.54) is 0 Å². The second-order valence-electron chi connectivity index (χ2n) is 4.42. The number of para-hydroxylation sites is 1. The first-order chi connectivity index (χ1) is 9.16. The first-order valence-electron chi connectivity index (χ1n) is 5.97. The minimum Gasteiger partial charge on any atom is -0.245 e. The molecule has 1 nitrogen and oxygen atoms in total. The molecule has 0 aliphatic heterocycles. The summed E-state index contributed by atoms with van der Waals surface area (Å²) in [5.41, 5.74) is 2.52. The van der Waals surface area contributed by atoms with Crippen molar-refractivity contribution in [2.24, 2.45) is 0 Å². The normalized spacial score (nSPS) is 10.9. The molecule has 0 radical (unpaired) electrons. The van der Waals surface area contributed by atoms with E-state index in [9.17, 15) is 4.39 Å². The van der Waals surface area contributed by atoms with Gasteiger partial charge >= 0.3 is 0 Å². The predicted octanol–water partition coefficient (Wildman–Crippen LogP) is 5.00. The van der Waals surface area contributed by atoms with E-state index in [2.05, 4.69) is 4.98 Å². The fourth-order valence-electron chi connectivity index (χ4n) is 2.15. The van der Waals surface area contributed by atoms with Gasteiger partial charge < -0.3 is 0 Å². The number of hydrogen-bond donors (Lipinski definition) is 0. The van der Waals surface area contributed by atoms with Crippen LogP contribution in [0.25, 0.3) is 22.2 Å². The van der Waals surface area contributed by atoms with E-state index in [1.54, 1.807) is 31.2 Å². The maximum absolute atomic E-state index is 14.4. The fourth-order valence-corrected chi connectivity index (χ4v) is 2.28. The Morgan fingerprint density at radius 2 is 1.68 bits per heavy atom. The van der Waals surface area contributed by atoms with Gasteiger partial charge in [0.2, 0.25) is 0 Å². The van der Waals surface area contributed by atoms with Gasteiger partial charge in [-0.1, -0.05) is 41.9 Å². The maximum atomic E-state index is 14.4. The van der Waals surface area contributed by atoms with Crippen molar-refractivity contribution in [2.45, 2.75) is 6.92 Å². The van der Waals surface area contributed by atoms with E-state index in [0.717, 1.165) is 16.5 Å². The number of rotatable bonds is 1. The molecular weight excluding hydrogens is 261 g/mol. The van der Waals surface area contributed by atoms with Crippen molar-refractivity contribution in [1.82, 2.24) is 4.98 Å². The van der Waals surface area contributed by atoms with Crippen molar-refractivity contribution < 1.29 is 4.39 Å². The lowest BCUT2D eigenvalue weighted by Gasteiger charge is -2.09. The maximum Gasteiger partial charge on any atom is 0.153 e. The largest absolute Gasteiger partial charge is 0.245 e. The topological polar surface area (TPSA) is 12.9 Å². The molecule has 0 bridgehead atoms. The van der Waals surface area contributed by atoms with Gasteiger partial charge in [-0.05, 0) is 30.7 Å². The number of pyridine rings is 1. The molecule has 0 amide bonds. The molecule has 0 saturated heterocycles. The first kappa shape index (κ1) is 12.1. The minimum atomic E-state index is -0.277. The van der Waals surface area contributed by atoms with Crippen LogP contribution < -0.4 is 0 Å². The Balaban J connectivity index is 2.29. The van der Waals surface area contributed by atoms with Gasteiger partial charge in [0, 0.05) is 16.0 Å². The van der Waals surface area contributed by atoms with Gasteiger partial charge in [-0.2, -0.15) is 0 Å². The number of benzene rings is 2. The Kier molecular flexibility index (Phi) is 2.96. The van der Waals surface area contributed by atoms with Crippen LogP contribution in [0.5, 0.6) is 0 Å². The van der Waals surface area contributed by atoms with Gasteiger partial charge in [-0.25, -0.2) is 9.37 Å². The third-order valence-corrected chi connectivity index (χ3v) is 3.45. The summed E-state index contributed by atoms with van der Waals surface area (Å²) in [6.45, 7) is 1.78. The molecule has 0 N–H and O–H groups in total. The minimum absolute atomic E-state index is 0.277. The quantitative estimate of drug-likeness (QED) is 0.607. The number of halogens is 2. The van der Waals surface area contributed by atoms with Crippen LogP contribution in [0.3, 0.4) is 0 Å². The average molecular weight is 272 g/mol.